The van der Waals surface area contributed by atoms with Crippen molar-refractivity contribution in [3.8, 4) is 16.5 Å². The van der Waals surface area contributed by atoms with Crippen LogP contribution in [0.25, 0.3) is 10.7 Å². The van der Waals surface area contributed by atoms with Gasteiger partial charge in [0.15, 0.2) is 0 Å². The summed E-state index contributed by atoms with van der Waals surface area (Å²) in [6, 6.07) is 9.68. The molecule has 1 amide bonds. The highest BCUT2D eigenvalue weighted by molar-refractivity contribution is 7.13. The van der Waals surface area contributed by atoms with Crippen LogP contribution in [0.15, 0.2) is 46.3 Å². The highest BCUT2D eigenvalue weighted by atomic mass is 32.1. The molecule has 0 aliphatic carbocycles. The van der Waals surface area contributed by atoms with Gasteiger partial charge >= 0.3 is 6.36 Å². The first-order valence-electron chi connectivity index (χ1n) is 10.1. The van der Waals surface area contributed by atoms with E-state index in [1.807, 2.05) is 22.4 Å². The van der Waals surface area contributed by atoms with E-state index in [0.29, 0.717) is 57.3 Å². The van der Waals surface area contributed by atoms with Crippen molar-refractivity contribution in [1.29, 1.82) is 0 Å². The average molecular weight is 466 g/mol. The predicted molar refractivity (Wildman–Crippen MR) is 111 cm³/mol. The third-order valence-electron chi connectivity index (χ3n) is 5.05. The Balaban J connectivity index is 1.20. The molecule has 0 spiro atoms. The molecule has 2 aromatic heterocycles. The first-order valence-corrected chi connectivity index (χ1v) is 10.9. The van der Waals surface area contributed by atoms with Crippen LogP contribution in [0.3, 0.4) is 0 Å². The van der Waals surface area contributed by atoms with Crippen molar-refractivity contribution >= 4 is 17.2 Å². The molecule has 1 saturated heterocycles. The van der Waals surface area contributed by atoms with Gasteiger partial charge in [-0.25, -0.2) is 0 Å². The molecule has 1 aromatic carbocycles. The van der Waals surface area contributed by atoms with Crippen LogP contribution in [0.2, 0.25) is 0 Å². The zero-order valence-corrected chi connectivity index (χ0v) is 17.9. The molecule has 170 valence electrons. The maximum Gasteiger partial charge on any atom is 0.573 e. The topological polar surface area (TPSA) is 71.7 Å². The van der Waals surface area contributed by atoms with Crippen LogP contribution in [0.4, 0.5) is 13.2 Å². The molecule has 3 heterocycles. The molecule has 0 unspecified atom stereocenters. The monoisotopic (exact) mass is 466 g/mol. The quantitative estimate of drug-likeness (QED) is 0.525. The Morgan fingerprint density at radius 1 is 1.12 bits per heavy atom. The predicted octanol–water partition coefficient (Wildman–Crippen LogP) is 3.97. The Morgan fingerprint density at radius 3 is 2.53 bits per heavy atom. The standard InChI is InChI=1S/C21H21F3N4O3S/c22-21(23,24)30-16-5-3-15(4-6-16)14-27-9-11-28(12-10-27)19(29)8-7-18-25-20(26-31-18)17-2-1-13-32-17/h1-6,13H,7-12,14H2. The highest BCUT2D eigenvalue weighted by Crippen LogP contribution is 2.24. The zero-order valence-electron chi connectivity index (χ0n) is 17.0. The normalized spacial score (nSPS) is 15.2. The molecular formula is C21H21F3N4O3S. The number of rotatable bonds is 7. The van der Waals surface area contributed by atoms with E-state index < -0.39 is 6.36 Å². The number of carbonyl (C=O) groups excluding carboxylic acids is 1. The number of carbonyl (C=O) groups is 1. The van der Waals surface area contributed by atoms with E-state index >= 15 is 0 Å². The molecule has 7 nitrogen and oxygen atoms in total. The molecule has 11 heteroatoms. The molecule has 0 saturated carbocycles. The van der Waals surface area contributed by atoms with Gasteiger partial charge in [-0.1, -0.05) is 23.4 Å². The van der Waals surface area contributed by atoms with Crippen LogP contribution in [-0.2, 0) is 17.8 Å². The van der Waals surface area contributed by atoms with Gasteiger partial charge in [-0.15, -0.1) is 24.5 Å². The Morgan fingerprint density at radius 2 is 1.88 bits per heavy atom. The summed E-state index contributed by atoms with van der Waals surface area (Å²) in [6.45, 7) is 3.17. The lowest BCUT2D eigenvalue weighted by Gasteiger charge is -2.34. The number of benzene rings is 1. The van der Waals surface area contributed by atoms with Gasteiger partial charge in [0.1, 0.15) is 5.75 Å². The number of amides is 1. The first kappa shape index (κ1) is 22.3. The minimum Gasteiger partial charge on any atom is -0.406 e. The van der Waals surface area contributed by atoms with Crippen molar-refractivity contribution in [1.82, 2.24) is 19.9 Å². The van der Waals surface area contributed by atoms with Gasteiger partial charge in [-0.3, -0.25) is 9.69 Å². The van der Waals surface area contributed by atoms with E-state index in [9.17, 15) is 18.0 Å². The SMILES string of the molecule is O=C(CCc1nc(-c2cccs2)no1)N1CCN(Cc2ccc(OC(F)(F)F)cc2)CC1. The number of thiophene rings is 1. The van der Waals surface area contributed by atoms with Gasteiger partial charge in [0, 0.05) is 45.6 Å². The third-order valence-corrected chi connectivity index (χ3v) is 5.92. The lowest BCUT2D eigenvalue weighted by molar-refractivity contribution is -0.274. The van der Waals surface area contributed by atoms with E-state index in [-0.39, 0.29) is 11.7 Å². The number of aryl methyl sites for hydroxylation is 1. The van der Waals surface area contributed by atoms with E-state index in [1.165, 1.54) is 23.5 Å². The van der Waals surface area contributed by atoms with Crippen LogP contribution >= 0.6 is 11.3 Å². The fourth-order valence-electron chi connectivity index (χ4n) is 3.44. The summed E-state index contributed by atoms with van der Waals surface area (Å²) in [6.07, 6.45) is -4.00. The second-order valence-corrected chi connectivity index (χ2v) is 8.29. The number of ether oxygens (including phenoxy) is 1. The molecule has 32 heavy (non-hydrogen) atoms. The number of hydrogen-bond donors (Lipinski definition) is 0. The summed E-state index contributed by atoms with van der Waals surface area (Å²) in [7, 11) is 0. The minimum atomic E-state index is -4.69. The van der Waals surface area contributed by atoms with Crippen molar-refractivity contribution < 1.29 is 27.2 Å². The summed E-state index contributed by atoms with van der Waals surface area (Å²) in [5, 5.41) is 5.89. The Labute approximate surface area is 186 Å². The molecule has 0 N–H and O–H groups in total. The second-order valence-electron chi connectivity index (χ2n) is 7.34. The largest absolute Gasteiger partial charge is 0.573 e. The first-order chi connectivity index (χ1) is 15.4. The van der Waals surface area contributed by atoms with E-state index in [2.05, 4.69) is 19.8 Å². The van der Waals surface area contributed by atoms with Crippen LogP contribution in [0.1, 0.15) is 17.9 Å². The fourth-order valence-corrected chi connectivity index (χ4v) is 4.09. The van der Waals surface area contributed by atoms with Crippen LogP contribution in [0, 0.1) is 0 Å². The van der Waals surface area contributed by atoms with Crippen LogP contribution in [0.5, 0.6) is 5.75 Å². The van der Waals surface area contributed by atoms with E-state index in [4.69, 9.17) is 4.52 Å². The summed E-state index contributed by atoms with van der Waals surface area (Å²) in [4.78, 5) is 21.8. The van der Waals surface area contributed by atoms with E-state index in [1.54, 1.807) is 12.1 Å². The maximum atomic E-state index is 12.5. The average Bonchev–Trinajstić information content (AvgIpc) is 3.45. The molecule has 3 aromatic rings. The molecular weight excluding hydrogens is 445 g/mol. The summed E-state index contributed by atoms with van der Waals surface area (Å²) >= 11 is 1.52. The van der Waals surface area contributed by atoms with Crippen molar-refractivity contribution in [2.45, 2.75) is 25.7 Å². The summed E-state index contributed by atoms with van der Waals surface area (Å²) < 4.78 is 45.9. The van der Waals surface area contributed by atoms with Crippen LogP contribution < -0.4 is 4.74 Å². The van der Waals surface area contributed by atoms with Gasteiger partial charge < -0.3 is 14.2 Å². The van der Waals surface area contributed by atoms with Gasteiger partial charge in [-0.2, -0.15) is 4.98 Å². The van der Waals surface area contributed by atoms with Crippen LogP contribution in [-0.4, -0.2) is 58.4 Å². The fraction of sp³-hybridized carbons (Fsp3) is 0.381. The number of hydrogen-bond acceptors (Lipinski definition) is 7. The van der Waals surface area contributed by atoms with Gasteiger partial charge in [0.25, 0.3) is 0 Å². The lowest BCUT2D eigenvalue weighted by atomic mass is 10.2. The Bertz CT molecular complexity index is 1010. The van der Waals surface area contributed by atoms with Gasteiger partial charge in [0.2, 0.25) is 17.6 Å². The number of alkyl halides is 3. The molecule has 0 radical (unpaired) electrons. The number of nitrogens with zero attached hydrogens (tertiary/aromatic N) is 4. The zero-order chi connectivity index (χ0) is 22.6. The molecule has 0 atom stereocenters. The molecule has 1 fully saturated rings. The van der Waals surface area contributed by atoms with Crippen molar-refractivity contribution in [2.24, 2.45) is 0 Å². The molecule has 1 aliphatic heterocycles. The van der Waals surface area contributed by atoms with E-state index in [0.717, 1.165) is 10.4 Å². The summed E-state index contributed by atoms with van der Waals surface area (Å²) in [5.41, 5.74) is 0.886. The molecule has 0 bridgehead atoms. The molecule has 4 rings (SSSR count). The maximum absolute atomic E-state index is 12.5. The summed E-state index contributed by atoms with van der Waals surface area (Å²) in [5.74, 6) is 0.780. The smallest absolute Gasteiger partial charge is 0.406 e. The Kier molecular flexibility index (Phi) is 6.75. The second kappa shape index (κ2) is 9.70. The Hall–Kier alpha value is -2.92. The number of halogens is 3. The van der Waals surface area contributed by atoms with Crippen molar-refractivity contribution in [3.05, 3.63) is 53.2 Å². The van der Waals surface area contributed by atoms with Crippen molar-refractivity contribution in [3.63, 3.8) is 0 Å². The lowest BCUT2D eigenvalue weighted by Crippen LogP contribution is -2.48. The molecule has 1 aliphatic rings. The van der Waals surface area contributed by atoms with Crippen molar-refractivity contribution in [2.75, 3.05) is 26.2 Å². The third kappa shape index (κ3) is 6.07. The number of aromatic nitrogens is 2. The number of piperazine rings is 1. The minimum absolute atomic E-state index is 0.0363. The highest BCUT2D eigenvalue weighted by Gasteiger charge is 2.31. The van der Waals surface area contributed by atoms with Gasteiger partial charge in [-0.05, 0) is 29.1 Å². The van der Waals surface area contributed by atoms with Gasteiger partial charge in [0.05, 0.1) is 4.88 Å².